The van der Waals surface area contributed by atoms with Crippen LogP contribution < -0.4 is 14.8 Å². The molecule has 0 fully saturated rings. The second-order valence-electron chi connectivity index (χ2n) is 4.28. The Morgan fingerprint density at radius 1 is 1.10 bits per heavy atom. The Hall–Kier alpha value is -2.56. The molecule has 0 spiro atoms. The van der Waals surface area contributed by atoms with Crippen LogP contribution in [0, 0.1) is 5.82 Å². The largest absolute Gasteiger partial charge is 0.495 e. The van der Waals surface area contributed by atoms with Crippen LogP contribution in [0.1, 0.15) is 6.42 Å². The first kappa shape index (κ1) is 14.8. The van der Waals surface area contributed by atoms with Crippen molar-refractivity contribution >= 4 is 11.6 Å². The summed E-state index contributed by atoms with van der Waals surface area (Å²) in [6.07, 6.45) is 0.117. The molecule has 2 aromatic rings. The van der Waals surface area contributed by atoms with Crippen LogP contribution >= 0.6 is 0 Å². The normalized spacial score (nSPS) is 10.0. The molecule has 0 bridgehead atoms. The van der Waals surface area contributed by atoms with E-state index in [4.69, 9.17) is 9.47 Å². The minimum atomic E-state index is -0.442. The monoisotopic (exact) mass is 289 g/mol. The topological polar surface area (TPSA) is 47.6 Å². The van der Waals surface area contributed by atoms with Gasteiger partial charge in [-0.05, 0) is 24.3 Å². The molecule has 0 radical (unpaired) electrons. The van der Waals surface area contributed by atoms with E-state index in [1.54, 1.807) is 30.3 Å². The third-order valence-corrected chi connectivity index (χ3v) is 2.80. The van der Waals surface area contributed by atoms with E-state index in [9.17, 15) is 9.18 Å². The molecular formula is C16H16FNO3. The van der Waals surface area contributed by atoms with E-state index in [0.29, 0.717) is 11.4 Å². The predicted octanol–water partition coefficient (Wildman–Crippen LogP) is 3.24. The first-order valence-corrected chi connectivity index (χ1v) is 6.51. The maximum absolute atomic E-state index is 13.3. The Labute approximate surface area is 122 Å². The number of benzene rings is 2. The van der Waals surface area contributed by atoms with Gasteiger partial charge < -0.3 is 14.8 Å². The molecule has 1 N–H and O–H groups in total. The van der Waals surface area contributed by atoms with Gasteiger partial charge in [0.2, 0.25) is 5.91 Å². The van der Waals surface area contributed by atoms with E-state index >= 15 is 0 Å². The Morgan fingerprint density at radius 2 is 1.76 bits per heavy atom. The van der Waals surface area contributed by atoms with Crippen LogP contribution in [0.3, 0.4) is 0 Å². The van der Waals surface area contributed by atoms with Crippen molar-refractivity contribution in [2.75, 3.05) is 19.0 Å². The molecule has 5 heteroatoms. The SMILES string of the molecule is COc1ccccc1NC(=O)CCOc1ccccc1F. The molecule has 0 heterocycles. The Bertz CT molecular complexity index is 616. The number of rotatable bonds is 6. The van der Waals surface area contributed by atoms with Crippen molar-refractivity contribution in [3.05, 3.63) is 54.3 Å². The zero-order chi connectivity index (χ0) is 15.1. The Morgan fingerprint density at radius 3 is 2.48 bits per heavy atom. The lowest BCUT2D eigenvalue weighted by molar-refractivity contribution is -0.116. The molecule has 0 saturated carbocycles. The van der Waals surface area contributed by atoms with Gasteiger partial charge >= 0.3 is 0 Å². The molecule has 0 atom stereocenters. The number of carbonyl (C=O) groups excluding carboxylic acids is 1. The summed E-state index contributed by atoms with van der Waals surface area (Å²) in [7, 11) is 1.53. The number of para-hydroxylation sites is 3. The van der Waals surface area contributed by atoms with Gasteiger partial charge in [0, 0.05) is 0 Å². The van der Waals surface area contributed by atoms with Crippen LogP contribution in [0.25, 0.3) is 0 Å². The summed E-state index contributed by atoms with van der Waals surface area (Å²) in [5.74, 6) is 0.0574. The van der Waals surface area contributed by atoms with Crippen LogP contribution in [-0.4, -0.2) is 19.6 Å². The molecule has 0 saturated heterocycles. The number of amides is 1. The third-order valence-electron chi connectivity index (χ3n) is 2.80. The van der Waals surface area contributed by atoms with E-state index in [0.717, 1.165) is 0 Å². The van der Waals surface area contributed by atoms with E-state index in [2.05, 4.69) is 5.32 Å². The van der Waals surface area contributed by atoms with Crippen LogP contribution in [0.15, 0.2) is 48.5 Å². The molecule has 2 aromatic carbocycles. The first-order chi connectivity index (χ1) is 10.2. The van der Waals surface area contributed by atoms with Gasteiger partial charge in [-0.1, -0.05) is 24.3 Å². The molecule has 0 aromatic heterocycles. The summed E-state index contributed by atoms with van der Waals surface area (Å²) in [4.78, 5) is 11.8. The van der Waals surface area contributed by atoms with Gasteiger partial charge in [-0.3, -0.25) is 4.79 Å². The fraction of sp³-hybridized carbons (Fsp3) is 0.188. The fourth-order valence-electron chi connectivity index (χ4n) is 1.78. The van der Waals surface area contributed by atoms with Gasteiger partial charge in [0.25, 0.3) is 0 Å². The van der Waals surface area contributed by atoms with E-state index < -0.39 is 5.82 Å². The van der Waals surface area contributed by atoms with Gasteiger partial charge in [-0.2, -0.15) is 0 Å². The zero-order valence-electron chi connectivity index (χ0n) is 11.6. The molecule has 0 aliphatic carbocycles. The summed E-state index contributed by atoms with van der Waals surface area (Å²) >= 11 is 0. The van der Waals surface area contributed by atoms with Crippen molar-refractivity contribution in [2.45, 2.75) is 6.42 Å². The van der Waals surface area contributed by atoms with Crippen molar-refractivity contribution in [3.63, 3.8) is 0 Å². The third kappa shape index (κ3) is 4.21. The highest BCUT2D eigenvalue weighted by Gasteiger charge is 2.08. The zero-order valence-corrected chi connectivity index (χ0v) is 11.6. The van der Waals surface area contributed by atoms with Gasteiger partial charge in [0.1, 0.15) is 5.75 Å². The van der Waals surface area contributed by atoms with Crippen molar-refractivity contribution in [1.82, 2.24) is 0 Å². The summed E-state index contributed by atoms with van der Waals surface area (Å²) in [5, 5.41) is 2.72. The number of hydrogen-bond acceptors (Lipinski definition) is 3. The highest BCUT2D eigenvalue weighted by atomic mass is 19.1. The fourth-order valence-corrected chi connectivity index (χ4v) is 1.78. The Balaban J connectivity index is 1.84. The van der Waals surface area contributed by atoms with Crippen LogP contribution in [-0.2, 0) is 4.79 Å². The van der Waals surface area contributed by atoms with Crippen molar-refractivity contribution in [3.8, 4) is 11.5 Å². The van der Waals surface area contributed by atoms with Crippen molar-refractivity contribution < 1.29 is 18.7 Å². The summed E-state index contributed by atoms with van der Waals surface area (Å²) in [6.45, 7) is 0.0991. The number of carbonyl (C=O) groups is 1. The number of halogens is 1. The lowest BCUT2D eigenvalue weighted by Crippen LogP contribution is -2.15. The second-order valence-corrected chi connectivity index (χ2v) is 4.28. The maximum atomic E-state index is 13.3. The quantitative estimate of drug-likeness (QED) is 0.888. The average Bonchev–Trinajstić information content (AvgIpc) is 2.50. The highest BCUT2D eigenvalue weighted by Crippen LogP contribution is 2.23. The van der Waals surface area contributed by atoms with Crippen molar-refractivity contribution in [1.29, 1.82) is 0 Å². The molecule has 2 rings (SSSR count). The standard InChI is InChI=1S/C16H16FNO3/c1-20-15-9-5-3-7-13(15)18-16(19)10-11-21-14-8-4-2-6-12(14)17/h2-9H,10-11H2,1H3,(H,18,19). The predicted molar refractivity (Wildman–Crippen MR) is 78.1 cm³/mol. The van der Waals surface area contributed by atoms with Crippen LogP contribution in [0.4, 0.5) is 10.1 Å². The minimum Gasteiger partial charge on any atom is -0.495 e. The number of methoxy groups -OCH3 is 1. The molecule has 0 aliphatic heterocycles. The molecule has 4 nitrogen and oxygen atoms in total. The van der Waals surface area contributed by atoms with Gasteiger partial charge in [-0.25, -0.2) is 4.39 Å². The van der Waals surface area contributed by atoms with Crippen LogP contribution in [0.2, 0.25) is 0 Å². The number of hydrogen-bond donors (Lipinski definition) is 1. The number of ether oxygens (including phenoxy) is 2. The molecular weight excluding hydrogens is 273 g/mol. The van der Waals surface area contributed by atoms with E-state index in [1.165, 1.54) is 19.2 Å². The molecule has 21 heavy (non-hydrogen) atoms. The smallest absolute Gasteiger partial charge is 0.227 e. The number of nitrogens with one attached hydrogen (secondary N) is 1. The van der Waals surface area contributed by atoms with Gasteiger partial charge in [0.05, 0.1) is 25.8 Å². The van der Waals surface area contributed by atoms with Gasteiger partial charge in [0.15, 0.2) is 11.6 Å². The number of anilines is 1. The van der Waals surface area contributed by atoms with Crippen LogP contribution in [0.5, 0.6) is 11.5 Å². The second kappa shape index (κ2) is 7.28. The molecule has 110 valence electrons. The maximum Gasteiger partial charge on any atom is 0.227 e. The average molecular weight is 289 g/mol. The van der Waals surface area contributed by atoms with Gasteiger partial charge in [-0.15, -0.1) is 0 Å². The molecule has 1 amide bonds. The summed E-state index contributed by atoms with van der Waals surface area (Å²) in [5.41, 5.74) is 0.593. The lowest BCUT2D eigenvalue weighted by Gasteiger charge is -2.10. The Kier molecular flexibility index (Phi) is 5.15. The van der Waals surface area contributed by atoms with E-state index in [-0.39, 0.29) is 24.7 Å². The summed E-state index contributed by atoms with van der Waals surface area (Å²) in [6, 6.07) is 13.2. The minimum absolute atomic E-state index is 0.0991. The van der Waals surface area contributed by atoms with E-state index in [1.807, 2.05) is 6.07 Å². The lowest BCUT2D eigenvalue weighted by atomic mass is 10.3. The molecule has 0 aliphatic rings. The van der Waals surface area contributed by atoms with Crippen molar-refractivity contribution in [2.24, 2.45) is 0 Å². The highest BCUT2D eigenvalue weighted by molar-refractivity contribution is 5.92. The first-order valence-electron chi connectivity index (χ1n) is 6.51. The summed E-state index contributed by atoms with van der Waals surface area (Å²) < 4.78 is 23.7. The molecule has 0 unspecified atom stereocenters.